The normalized spacial score (nSPS) is 11.7. The average Bonchev–Trinajstić information content (AvgIpc) is 2.15. The third kappa shape index (κ3) is 9.67. The molecular weight excluding hydrogens is 192 g/mol. The molecule has 0 atom stereocenters. The lowest BCUT2D eigenvalue weighted by molar-refractivity contribution is 0.0534. The van der Waals surface area contributed by atoms with Crippen LogP contribution in [0.5, 0.6) is 0 Å². The van der Waals surface area contributed by atoms with Gasteiger partial charge < -0.3 is 9.84 Å². The van der Waals surface area contributed by atoms with Gasteiger partial charge in [-0.1, -0.05) is 0 Å². The smallest absolute Gasteiger partial charge is 0.0635 e. The van der Waals surface area contributed by atoms with Gasteiger partial charge in [-0.05, 0) is 20.3 Å². The Morgan fingerprint density at radius 1 is 1.33 bits per heavy atom. The molecule has 0 aliphatic heterocycles. The number of hydrogen-bond acceptors (Lipinski definition) is 4. The zero-order valence-corrected chi connectivity index (χ0v) is 9.99. The summed E-state index contributed by atoms with van der Waals surface area (Å²) >= 11 is 0. The number of hydrogen-bond donors (Lipinski definition) is 1. The van der Waals surface area contributed by atoms with E-state index in [0.29, 0.717) is 19.4 Å². The molecular formula is C11H22N2O2. The first-order valence-electron chi connectivity index (χ1n) is 5.30. The van der Waals surface area contributed by atoms with Crippen molar-refractivity contribution in [2.45, 2.75) is 32.3 Å². The van der Waals surface area contributed by atoms with Gasteiger partial charge in [0, 0.05) is 33.2 Å². The summed E-state index contributed by atoms with van der Waals surface area (Å²) in [5.41, 5.74) is -0.641. The highest BCUT2D eigenvalue weighted by atomic mass is 16.5. The predicted molar refractivity (Wildman–Crippen MR) is 59.5 cm³/mol. The highest BCUT2D eigenvalue weighted by molar-refractivity contribution is 4.74. The van der Waals surface area contributed by atoms with Gasteiger partial charge in [-0.2, -0.15) is 5.26 Å². The van der Waals surface area contributed by atoms with Gasteiger partial charge in [-0.15, -0.1) is 0 Å². The minimum absolute atomic E-state index is 0.523. The molecule has 1 N–H and O–H groups in total. The second-order valence-corrected chi connectivity index (χ2v) is 4.30. The van der Waals surface area contributed by atoms with Gasteiger partial charge in [0.25, 0.3) is 0 Å². The SMILES string of the molecule is COCCN(CCC#N)CCC(C)(C)O. The van der Waals surface area contributed by atoms with E-state index in [1.807, 2.05) is 0 Å². The summed E-state index contributed by atoms with van der Waals surface area (Å²) in [6.45, 7) is 6.62. The monoisotopic (exact) mass is 214 g/mol. The largest absolute Gasteiger partial charge is 0.390 e. The molecule has 0 saturated carbocycles. The van der Waals surface area contributed by atoms with Crippen LogP contribution in [-0.4, -0.2) is 49.0 Å². The lowest BCUT2D eigenvalue weighted by Crippen LogP contribution is -2.33. The molecule has 0 unspecified atom stereocenters. The zero-order chi connectivity index (χ0) is 11.7. The highest BCUT2D eigenvalue weighted by Crippen LogP contribution is 2.08. The summed E-state index contributed by atoms with van der Waals surface area (Å²) in [5, 5.41) is 18.1. The number of rotatable bonds is 8. The predicted octanol–water partition coefficient (Wildman–Crippen LogP) is 1.01. The molecule has 15 heavy (non-hydrogen) atoms. The lowest BCUT2D eigenvalue weighted by atomic mass is 10.1. The van der Waals surface area contributed by atoms with Crippen LogP contribution in [0, 0.1) is 11.3 Å². The van der Waals surface area contributed by atoms with E-state index in [4.69, 9.17) is 10.00 Å². The molecule has 0 heterocycles. The van der Waals surface area contributed by atoms with Gasteiger partial charge in [-0.3, -0.25) is 4.90 Å². The number of nitrogens with zero attached hydrogens (tertiary/aromatic N) is 2. The van der Waals surface area contributed by atoms with Gasteiger partial charge >= 0.3 is 0 Å². The third-order valence-corrected chi connectivity index (χ3v) is 2.19. The quantitative estimate of drug-likeness (QED) is 0.655. The molecule has 88 valence electrons. The maximum Gasteiger partial charge on any atom is 0.0635 e. The molecule has 0 bridgehead atoms. The standard InChI is InChI=1S/C11H22N2O2/c1-11(2,14)5-8-13(7-4-6-12)9-10-15-3/h14H,4-5,7-10H2,1-3H3. The van der Waals surface area contributed by atoms with E-state index < -0.39 is 5.60 Å². The van der Waals surface area contributed by atoms with E-state index in [1.165, 1.54) is 0 Å². The Kier molecular flexibility index (Phi) is 7.31. The van der Waals surface area contributed by atoms with Crippen molar-refractivity contribution in [1.82, 2.24) is 4.90 Å². The van der Waals surface area contributed by atoms with Crippen LogP contribution in [-0.2, 0) is 4.74 Å². The van der Waals surface area contributed by atoms with E-state index in [2.05, 4.69) is 11.0 Å². The molecule has 0 amide bonds. The number of aliphatic hydroxyl groups is 1. The van der Waals surface area contributed by atoms with Crippen molar-refractivity contribution < 1.29 is 9.84 Å². The Balaban J connectivity index is 3.85. The van der Waals surface area contributed by atoms with E-state index in [-0.39, 0.29) is 0 Å². The molecule has 0 fully saturated rings. The zero-order valence-electron chi connectivity index (χ0n) is 9.99. The van der Waals surface area contributed by atoms with Crippen LogP contribution in [0.2, 0.25) is 0 Å². The molecule has 0 rings (SSSR count). The Labute approximate surface area is 92.4 Å². The molecule has 0 radical (unpaired) electrons. The fourth-order valence-corrected chi connectivity index (χ4v) is 1.20. The molecule has 0 aromatic carbocycles. The van der Waals surface area contributed by atoms with Crippen molar-refractivity contribution in [2.24, 2.45) is 0 Å². The summed E-state index contributed by atoms with van der Waals surface area (Å²) in [4.78, 5) is 2.14. The summed E-state index contributed by atoms with van der Waals surface area (Å²) in [7, 11) is 1.67. The molecule has 0 aromatic heterocycles. The molecule has 0 aliphatic carbocycles. The second-order valence-electron chi connectivity index (χ2n) is 4.30. The van der Waals surface area contributed by atoms with Crippen molar-refractivity contribution in [3.63, 3.8) is 0 Å². The maximum atomic E-state index is 9.59. The van der Waals surface area contributed by atoms with Crippen molar-refractivity contribution in [3.8, 4) is 6.07 Å². The summed E-state index contributed by atoms with van der Waals surface area (Å²) < 4.78 is 5.00. The van der Waals surface area contributed by atoms with Crippen LogP contribution in [0.25, 0.3) is 0 Å². The van der Waals surface area contributed by atoms with Crippen LogP contribution in [0.3, 0.4) is 0 Å². The molecule has 0 spiro atoms. The number of ether oxygens (including phenoxy) is 1. The lowest BCUT2D eigenvalue weighted by Gasteiger charge is -2.25. The Bertz CT molecular complexity index is 194. The summed E-state index contributed by atoms with van der Waals surface area (Å²) in [6, 6.07) is 2.13. The average molecular weight is 214 g/mol. The van der Waals surface area contributed by atoms with E-state index in [1.54, 1.807) is 21.0 Å². The molecule has 0 aromatic rings. The van der Waals surface area contributed by atoms with Crippen molar-refractivity contribution in [3.05, 3.63) is 0 Å². The van der Waals surface area contributed by atoms with Gasteiger partial charge in [0.2, 0.25) is 0 Å². The van der Waals surface area contributed by atoms with Crippen LogP contribution >= 0.6 is 0 Å². The first-order valence-corrected chi connectivity index (χ1v) is 5.30. The van der Waals surface area contributed by atoms with Crippen LogP contribution in [0.1, 0.15) is 26.7 Å². The summed E-state index contributed by atoms with van der Waals surface area (Å²) in [6.07, 6.45) is 1.23. The Morgan fingerprint density at radius 2 is 2.00 bits per heavy atom. The van der Waals surface area contributed by atoms with Gasteiger partial charge in [0.15, 0.2) is 0 Å². The molecule has 0 saturated heterocycles. The summed E-state index contributed by atoms with van der Waals surface area (Å²) in [5.74, 6) is 0. The first-order chi connectivity index (χ1) is 6.99. The Morgan fingerprint density at radius 3 is 2.47 bits per heavy atom. The molecule has 4 heteroatoms. The molecule has 0 aliphatic rings. The van der Waals surface area contributed by atoms with Crippen LogP contribution < -0.4 is 0 Å². The first kappa shape index (κ1) is 14.4. The highest BCUT2D eigenvalue weighted by Gasteiger charge is 2.14. The fraction of sp³-hybridized carbons (Fsp3) is 0.909. The van der Waals surface area contributed by atoms with E-state index in [9.17, 15) is 5.11 Å². The van der Waals surface area contributed by atoms with Gasteiger partial charge in [0.05, 0.1) is 18.3 Å². The van der Waals surface area contributed by atoms with Crippen molar-refractivity contribution in [1.29, 1.82) is 5.26 Å². The van der Waals surface area contributed by atoms with Gasteiger partial charge in [-0.25, -0.2) is 0 Å². The minimum atomic E-state index is -0.641. The van der Waals surface area contributed by atoms with Crippen LogP contribution in [0.15, 0.2) is 0 Å². The topological polar surface area (TPSA) is 56.5 Å². The fourth-order valence-electron chi connectivity index (χ4n) is 1.20. The van der Waals surface area contributed by atoms with Crippen molar-refractivity contribution in [2.75, 3.05) is 33.4 Å². The van der Waals surface area contributed by atoms with E-state index in [0.717, 1.165) is 19.6 Å². The Hall–Kier alpha value is -0.630. The van der Waals surface area contributed by atoms with Gasteiger partial charge in [0.1, 0.15) is 0 Å². The number of nitriles is 1. The van der Waals surface area contributed by atoms with E-state index >= 15 is 0 Å². The third-order valence-electron chi connectivity index (χ3n) is 2.19. The van der Waals surface area contributed by atoms with Crippen molar-refractivity contribution >= 4 is 0 Å². The number of methoxy groups -OCH3 is 1. The maximum absolute atomic E-state index is 9.59. The molecule has 4 nitrogen and oxygen atoms in total. The minimum Gasteiger partial charge on any atom is -0.390 e. The van der Waals surface area contributed by atoms with Crippen LogP contribution in [0.4, 0.5) is 0 Å². The second kappa shape index (κ2) is 7.63.